The van der Waals surface area contributed by atoms with Crippen LogP contribution in [0.2, 0.25) is 5.02 Å². The second-order valence-electron chi connectivity index (χ2n) is 4.96. The lowest BCUT2D eigenvalue weighted by molar-refractivity contribution is 0.263. The minimum absolute atomic E-state index is 0.221. The van der Waals surface area contributed by atoms with Crippen molar-refractivity contribution in [3.05, 3.63) is 63.9 Å². The Morgan fingerprint density at radius 2 is 1.90 bits per heavy atom. The van der Waals surface area contributed by atoms with E-state index in [4.69, 9.17) is 22.2 Å². The van der Waals surface area contributed by atoms with E-state index in [9.17, 15) is 4.39 Å². The van der Waals surface area contributed by atoms with Crippen molar-refractivity contribution in [1.82, 2.24) is 5.43 Å². The van der Waals surface area contributed by atoms with Crippen molar-refractivity contribution in [2.45, 2.75) is 19.9 Å². The van der Waals surface area contributed by atoms with E-state index >= 15 is 0 Å². The Labute approximate surface area is 128 Å². The maximum atomic E-state index is 14.2. The highest BCUT2D eigenvalue weighted by Crippen LogP contribution is 2.24. The van der Waals surface area contributed by atoms with E-state index < -0.39 is 6.04 Å². The maximum Gasteiger partial charge on any atom is 0.128 e. The lowest BCUT2D eigenvalue weighted by Crippen LogP contribution is -2.33. The van der Waals surface area contributed by atoms with Crippen molar-refractivity contribution < 1.29 is 9.13 Å². The largest absolute Gasteiger partial charge is 0.492 e. The van der Waals surface area contributed by atoms with Gasteiger partial charge in [-0.25, -0.2) is 9.82 Å². The van der Waals surface area contributed by atoms with Crippen molar-refractivity contribution in [2.75, 3.05) is 6.61 Å². The van der Waals surface area contributed by atoms with Gasteiger partial charge in [-0.2, -0.15) is 0 Å². The number of hydrogen-bond acceptors (Lipinski definition) is 3. The molecule has 5 heteroatoms. The molecule has 0 aliphatic carbocycles. The zero-order chi connectivity index (χ0) is 15.4. The van der Waals surface area contributed by atoms with Crippen LogP contribution >= 0.6 is 11.6 Å². The maximum absolute atomic E-state index is 14.2. The SMILES string of the molecule is Cc1cc(C)c(C(COc2ccc(Cl)cc2)NN)c(F)c1. The molecule has 2 aromatic carbocycles. The van der Waals surface area contributed by atoms with Crippen molar-refractivity contribution in [1.29, 1.82) is 0 Å². The molecule has 2 rings (SSSR count). The molecule has 3 nitrogen and oxygen atoms in total. The van der Waals surface area contributed by atoms with E-state index in [-0.39, 0.29) is 12.4 Å². The van der Waals surface area contributed by atoms with Gasteiger partial charge in [-0.3, -0.25) is 5.84 Å². The van der Waals surface area contributed by atoms with Crippen molar-refractivity contribution >= 4 is 11.6 Å². The smallest absolute Gasteiger partial charge is 0.128 e. The highest BCUT2D eigenvalue weighted by molar-refractivity contribution is 6.30. The number of halogens is 2. The first-order valence-electron chi connectivity index (χ1n) is 6.62. The number of ether oxygens (including phenoxy) is 1. The summed E-state index contributed by atoms with van der Waals surface area (Å²) in [4.78, 5) is 0. The van der Waals surface area contributed by atoms with Gasteiger partial charge in [0.2, 0.25) is 0 Å². The molecule has 21 heavy (non-hydrogen) atoms. The summed E-state index contributed by atoms with van der Waals surface area (Å²) in [5.74, 6) is 5.93. The van der Waals surface area contributed by atoms with Crippen LogP contribution in [-0.2, 0) is 0 Å². The first kappa shape index (κ1) is 15.8. The van der Waals surface area contributed by atoms with Crippen LogP contribution in [0.4, 0.5) is 4.39 Å². The Morgan fingerprint density at radius 3 is 2.48 bits per heavy atom. The molecule has 0 saturated carbocycles. The van der Waals surface area contributed by atoms with Crippen molar-refractivity contribution in [3.63, 3.8) is 0 Å². The van der Waals surface area contributed by atoms with Gasteiger partial charge in [-0.05, 0) is 55.3 Å². The highest BCUT2D eigenvalue weighted by Gasteiger charge is 2.18. The molecule has 0 saturated heterocycles. The van der Waals surface area contributed by atoms with Crippen LogP contribution in [0, 0.1) is 19.7 Å². The van der Waals surface area contributed by atoms with Crippen LogP contribution in [0.15, 0.2) is 36.4 Å². The fourth-order valence-electron chi connectivity index (χ4n) is 2.29. The standard InChI is InChI=1S/C16H18ClFN2O/c1-10-7-11(2)16(14(18)8-10)15(20-19)9-21-13-5-3-12(17)4-6-13/h3-8,15,20H,9,19H2,1-2H3. The third kappa shape index (κ3) is 3.94. The van der Waals surface area contributed by atoms with Gasteiger partial charge < -0.3 is 4.74 Å². The number of aryl methyl sites for hydroxylation is 2. The zero-order valence-corrected chi connectivity index (χ0v) is 12.7. The van der Waals surface area contributed by atoms with Crippen LogP contribution in [0.25, 0.3) is 0 Å². The third-order valence-corrected chi connectivity index (χ3v) is 3.51. The van der Waals surface area contributed by atoms with E-state index in [0.29, 0.717) is 16.3 Å². The molecule has 0 aliphatic rings. The number of hydrazine groups is 1. The highest BCUT2D eigenvalue weighted by atomic mass is 35.5. The van der Waals surface area contributed by atoms with E-state index in [1.807, 2.05) is 19.9 Å². The molecule has 0 spiro atoms. The third-order valence-electron chi connectivity index (χ3n) is 3.26. The molecule has 1 atom stereocenters. The minimum Gasteiger partial charge on any atom is -0.492 e. The molecular weight excluding hydrogens is 291 g/mol. The van der Waals surface area contributed by atoms with E-state index in [1.54, 1.807) is 24.3 Å². The van der Waals surface area contributed by atoms with E-state index in [0.717, 1.165) is 11.1 Å². The summed E-state index contributed by atoms with van der Waals surface area (Å²) in [6, 6.07) is 9.97. The number of benzene rings is 2. The number of nitrogens with two attached hydrogens (primary N) is 1. The van der Waals surface area contributed by atoms with E-state index in [2.05, 4.69) is 5.43 Å². The van der Waals surface area contributed by atoms with Gasteiger partial charge >= 0.3 is 0 Å². The molecule has 0 aromatic heterocycles. The molecule has 0 amide bonds. The van der Waals surface area contributed by atoms with Crippen molar-refractivity contribution in [2.24, 2.45) is 5.84 Å². The molecule has 3 N–H and O–H groups in total. The minimum atomic E-state index is -0.429. The predicted octanol–water partition coefficient (Wildman–Crippen LogP) is 3.68. The lowest BCUT2D eigenvalue weighted by Gasteiger charge is -2.20. The molecule has 2 aromatic rings. The fraction of sp³-hybridized carbons (Fsp3) is 0.250. The molecule has 112 valence electrons. The Balaban J connectivity index is 2.15. The Hall–Kier alpha value is -1.62. The normalized spacial score (nSPS) is 12.2. The number of rotatable bonds is 5. The Bertz CT molecular complexity index is 593. The quantitative estimate of drug-likeness (QED) is 0.654. The van der Waals surface area contributed by atoms with Gasteiger partial charge in [0.05, 0.1) is 6.04 Å². The topological polar surface area (TPSA) is 47.3 Å². The summed E-state index contributed by atoms with van der Waals surface area (Å²) in [7, 11) is 0. The summed E-state index contributed by atoms with van der Waals surface area (Å²) >= 11 is 5.82. The van der Waals surface area contributed by atoms with Crippen molar-refractivity contribution in [3.8, 4) is 5.75 Å². The zero-order valence-electron chi connectivity index (χ0n) is 12.0. The van der Waals surface area contributed by atoms with E-state index in [1.165, 1.54) is 6.07 Å². The van der Waals surface area contributed by atoms with Gasteiger partial charge in [-0.15, -0.1) is 0 Å². The lowest BCUT2D eigenvalue weighted by atomic mass is 9.99. The summed E-state index contributed by atoms with van der Waals surface area (Å²) in [5, 5.41) is 0.635. The van der Waals surface area contributed by atoms with Gasteiger partial charge in [-0.1, -0.05) is 17.7 Å². The van der Waals surface area contributed by atoms with Crippen LogP contribution in [0.5, 0.6) is 5.75 Å². The number of nitrogens with one attached hydrogen (secondary N) is 1. The average molecular weight is 309 g/mol. The molecule has 0 radical (unpaired) electrons. The van der Waals surface area contributed by atoms with Crippen LogP contribution < -0.4 is 16.0 Å². The first-order chi connectivity index (χ1) is 10.0. The Morgan fingerprint density at radius 1 is 1.24 bits per heavy atom. The second kappa shape index (κ2) is 6.89. The monoisotopic (exact) mass is 308 g/mol. The molecule has 0 aliphatic heterocycles. The summed E-state index contributed by atoms with van der Waals surface area (Å²) in [6.45, 7) is 3.94. The average Bonchev–Trinajstić information content (AvgIpc) is 2.43. The van der Waals surface area contributed by atoms with Crippen LogP contribution in [0.1, 0.15) is 22.7 Å². The van der Waals surface area contributed by atoms with Gasteiger partial charge in [0, 0.05) is 10.6 Å². The van der Waals surface area contributed by atoms with Crippen LogP contribution in [0.3, 0.4) is 0 Å². The summed E-state index contributed by atoms with van der Waals surface area (Å²) < 4.78 is 19.8. The van der Waals surface area contributed by atoms with Gasteiger partial charge in [0.25, 0.3) is 0 Å². The molecule has 1 unspecified atom stereocenters. The predicted molar refractivity (Wildman–Crippen MR) is 82.9 cm³/mol. The molecule has 0 fully saturated rings. The molecule has 0 heterocycles. The van der Waals surface area contributed by atoms with Crippen LogP contribution in [-0.4, -0.2) is 6.61 Å². The number of hydrogen-bond donors (Lipinski definition) is 2. The summed E-state index contributed by atoms with van der Waals surface area (Å²) in [6.07, 6.45) is 0. The molecule has 0 bridgehead atoms. The molecular formula is C16H18ClFN2O. The Kier molecular flexibility index (Phi) is 5.17. The van der Waals surface area contributed by atoms with Gasteiger partial charge in [0.1, 0.15) is 18.2 Å². The second-order valence-corrected chi connectivity index (χ2v) is 5.40. The summed E-state index contributed by atoms with van der Waals surface area (Å²) in [5.41, 5.74) is 4.86. The van der Waals surface area contributed by atoms with Gasteiger partial charge in [0.15, 0.2) is 0 Å². The first-order valence-corrected chi connectivity index (χ1v) is 7.00. The fourth-order valence-corrected chi connectivity index (χ4v) is 2.42.